The maximum atomic E-state index is 13.0. The van der Waals surface area contributed by atoms with E-state index in [-0.39, 0.29) is 5.82 Å². The molecular weight excluding hydrogens is 353 g/mol. The summed E-state index contributed by atoms with van der Waals surface area (Å²) in [7, 11) is 0. The lowest BCUT2D eigenvalue weighted by atomic mass is 10.1. The lowest BCUT2D eigenvalue weighted by molar-refractivity contribution is 0.463. The minimum absolute atomic E-state index is 0.242. The fourth-order valence-corrected chi connectivity index (χ4v) is 2.73. The van der Waals surface area contributed by atoms with Gasteiger partial charge in [0.1, 0.15) is 11.6 Å². The Bertz CT molecular complexity index is 1020. The monoisotopic (exact) mass is 371 g/mol. The molecule has 4 nitrogen and oxygen atoms in total. The number of rotatable bonds is 6. The van der Waals surface area contributed by atoms with Crippen molar-refractivity contribution in [2.75, 3.05) is 5.32 Å². The largest absolute Gasteiger partial charge is 0.439 e. The van der Waals surface area contributed by atoms with Crippen molar-refractivity contribution in [2.24, 2.45) is 0 Å². The Balaban J connectivity index is 1.37. The highest BCUT2D eigenvalue weighted by atomic mass is 19.1. The van der Waals surface area contributed by atoms with Gasteiger partial charge < -0.3 is 10.1 Å². The summed E-state index contributed by atoms with van der Waals surface area (Å²) in [5, 5.41) is 3.30. The summed E-state index contributed by atoms with van der Waals surface area (Å²) in [6.07, 6.45) is 5.31. The molecule has 0 unspecified atom stereocenters. The second-order valence-corrected chi connectivity index (χ2v) is 6.23. The van der Waals surface area contributed by atoms with Crippen LogP contribution in [-0.2, 0) is 6.54 Å². The Morgan fingerprint density at radius 1 is 0.821 bits per heavy atom. The minimum Gasteiger partial charge on any atom is -0.439 e. The van der Waals surface area contributed by atoms with E-state index in [9.17, 15) is 4.39 Å². The van der Waals surface area contributed by atoms with Crippen molar-refractivity contribution in [1.29, 1.82) is 0 Å². The third kappa shape index (κ3) is 4.51. The summed E-state index contributed by atoms with van der Waals surface area (Å²) in [6.45, 7) is 0.681. The van der Waals surface area contributed by atoms with Crippen LogP contribution in [0.5, 0.6) is 11.6 Å². The van der Waals surface area contributed by atoms with Crippen molar-refractivity contribution >= 4 is 5.69 Å². The molecule has 2 aromatic carbocycles. The van der Waals surface area contributed by atoms with Crippen molar-refractivity contribution in [1.82, 2.24) is 9.97 Å². The summed E-state index contributed by atoms with van der Waals surface area (Å²) >= 11 is 0. The van der Waals surface area contributed by atoms with Gasteiger partial charge in [0.2, 0.25) is 5.88 Å². The summed E-state index contributed by atoms with van der Waals surface area (Å²) in [5.74, 6) is 0.962. The zero-order chi connectivity index (χ0) is 19.2. The lowest BCUT2D eigenvalue weighted by Gasteiger charge is -2.09. The van der Waals surface area contributed by atoms with Crippen molar-refractivity contribution in [2.45, 2.75) is 6.54 Å². The standard InChI is InChI=1S/C23H18FN3O/c24-20-7-3-18(4-8-20)19-5-10-22(11-6-19)28-23-12-9-21(16-27-23)26-15-17-2-1-13-25-14-17/h1-14,16,26H,15H2. The van der Waals surface area contributed by atoms with Gasteiger partial charge in [-0.2, -0.15) is 0 Å². The summed E-state index contributed by atoms with van der Waals surface area (Å²) < 4.78 is 18.8. The molecule has 0 spiro atoms. The van der Waals surface area contributed by atoms with Gasteiger partial charge in [-0.25, -0.2) is 9.37 Å². The van der Waals surface area contributed by atoms with Crippen molar-refractivity contribution in [3.8, 4) is 22.8 Å². The van der Waals surface area contributed by atoms with E-state index in [1.165, 1.54) is 12.1 Å². The van der Waals surface area contributed by atoms with Crippen LogP contribution in [0.25, 0.3) is 11.1 Å². The molecule has 0 bridgehead atoms. The molecule has 2 aromatic heterocycles. The molecule has 1 N–H and O–H groups in total. The van der Waals surface area contributed by atoms with E-state index in [0.717, 1.165) is 22.4 Å². The van der Waals surface area contributed by atoms with Crippen LogP contribution < -0.4 is 10.1 Å². The van der Waals surface area contributed by atoms with Crippen LogP contribution in [0, 0.1) is 5.82 Å². The smallest absolute Gasteiger partial charge is 0.219 e. The van der Waals surface area contributed by atoms with Gasteiger partial charge in [0.25, 0.3) is 0 Å². The van der Waals surface area contributed by atoms with E-state index in [0.29, 0.717) is 18.2 Å². The lowest BCUT2D eigenvalue weighted by Crippen LogP contribution is -2.00. The zero-order valence-electron chi connectivity index (χ0n) is 15.0. The SMILES string of the molecule is Fc1ccc(-c2ccc(Oc3ccc(NCc4cccnc4)cn3)cc2)cc1. The second-order valence-electron chi connectivity index (χ2n) is 6.23. The molecule has 0 saturated carbocycles. The van der Waals surface area contributed by atoms with E-state index in [4.69, 9.17) is 4.74 Å². The van der Waals surface area contributed by atoms with Crippen LogP contribution in [0.3, 0.4) is 0 Å². The van der Waals surface area contributed by atoms with Gasteiger partial charge >= 0.3 is 0 Å². The van der Waals surface area contributed by atoms with E-state index >= 15 is 0 Å². The molecule has 5 heteroatoms. The molecule has 0 atom stereocenters. The van der Waals surface area contributed by atoms with E-state index < -0.39 is 0 Å². The topological polar surface area (TPSA) is 47.0 Å². The van der Waals surface area contributed by atoms with E-state index in [2.05, 4.69) is 15.3 Å². The normalized spacial score (nSPS) is 10.5. The van der Waals surface area contributed by atoms with Gasteiger partial charge in [0.05, 0.1) is 11.9 Å². The molecule has 28 heavy (non-hydrogen) atoms. The molecular formula is C23H18FN3O. The number of ether oxygens (including phenoxy) is 1. The number of nitrogens with zero attached hydrogens (tertiary/aromatic N) is 2. The molecule has 4 aromatic rings. The van der Waals surface area contributed by atoms with Crippen molar-refractivity contribution in [3.63, 3.8) is 0 Å². The molecule has 0 radical (unpaired) electrons. The Kier molecular flexibility index (Phi) is 5.24. The summed E-state index contributed by atoms with van der Waals surface area (Å²) in [4.78, 5) is 8.43. The third-order valence-corrected chi connectivity index (χ3v) is 4.21. The van der Waals surface area contributed by atoms with Gasteiger partial charge in [-0.1, -0.05) is 30.3 Å². The number of nitrogens with one attached hydrogen (secondary N) is 1. The average molecular weight is 371 g/mol. The van der Waals surface area contributed by atoms with Gasteiger partial charge in [0, 0.05) is 25.0 Å². The fourth-order valence-electron chi connectivity index (χ4n) is 2.73. The highest BCUT2D eigenvalue weighted by Gasteiger charge is 2.02. The van der Waals surface area contributed by atoms with E-state index in [1.54, 1.807) is 24.5 Å². The first kappa shape index (κ1) is 17.7. The Labute approximate surface area is 162 Å². The number of pyridine rings is 2. The van der Waals surface area contributed by atoms with Gasteiger partial charge in [-0.05, 0) is 53.1 Å². The first-order valence-corrected chi connectivity index (χ1v) is 8.89. The number of hydrogen-bond donors (Lipinski definition) is 1. The van der Waals surface area contributed by atoms with Gasteiger partial charge in [0.15, 0.2) is 0 Å². The number of aromatic nitrogens is 2. The quantitative estimate of drug-likeness (QED) is 0.473. The Morgan fingerprint density at radius 2 is 1.57 bits per heavy atom. The predicted molar refractivity (Wildman–Crippen MR) is 108 cm³/mol. The highest BCUT2D eigenvalue weighted by Crippen LogP contribution is 2.25. The number of anilines is 1. The molecule has 4 rings (SSSR count). The molecule has 2 heterocycles. The molecule has 0 aliphatic rings. The summed E-state index contributed by atoms with van der Waals surface area (Å²) in [5.41, 5.74) is 3.96. The molecule has 0 aliphatic carbocycles. The van der Waals surface area contributed by atoms with Crippen molar-refractivity contribution in [3.05, 3.63) is 103 Å². The Hall–Kier alpha value is -3.73. The zero-order valence-corrected chi connectivity index (χ0v) is 15.0. The molecule has 0 fully saturated rings. The maximum Gasteiger partial charge on any atom is 0.219 e. The van der Waals surface area contributed by atoms with Crippen LogP contribution in [0.15, 0.2) is 91.4 Å². The first-order chi connectivity index (χ1) is 13.8. The molecule has 0 aliphatic heterocycles. The maximum absolute atomic E-state index is 13.0. The summed E-state index contributed by atoms with van der Waals surface area (Å²) in [6, 6.07) is 21.7. The van der Waals surface area contributed by atoms with Crippen LogP contribution in [0.2, 0.25) is 0 Å². The van der Waals surface area contributed by atoms with Crippen LogP contribution in [-0.4, -0.2) is 9.97 Å². The number of benzene rings is 2. The Morgan fingerprint density at radius 3 is 2.21 bits per heavy atom. The first-order valence-electron chi connectivity index (χ1n) is 8.89. The minimum atomic E-state index is -0.242. The van der Waals surface area contributed by atoms with Crippen LogP contribution in [0.4, 0.5) is 10.1 Å². The van der Waals surface area contributed by atoms with Gasteiger partial charge in [-0.15, -0.1) is 0 Å². The third-order valence-electron chi connectivity index (χ3n) is 4.21. The predicted octanol–water partition coefficient (Wildman–Crippen LogP) is 5.69. The number of hydrogen-bond acceptors (Lipinski definition) is 4. The second kappa shape index (κ2) is 8.31. The van der Waals surface area contributed by atoms with Crippen molar-refractivity contribution < 1.29 is 9.13 Å². The number of halogens is 1. The fraction of sp³-hybridized carbons (Fsp3) is 0.0435. The highest BCUT2D eigenvalue weighted by molar-refractivity contribution is 5.64. The van der Waals surface area contributed by atoms with Gasteiger partial charge in [-0.3, -0.25) is 4.98 Å². The average Bonchev–Trinajstić information content (AvgIpc) is 2.75. The molecule has 138 valence electrons. The van der Waals surface area contributed by atoms with E-state index in [1.807, 2.05) is 54.7 Å². The van der Waals surface area contributed by atoms with Crippen LogP contribution >= 0.6 is 0 Å². The van der Waals surface area contributed by atoms with Crippen LogP contribution in [0.1, 0.15) is 5.56 Å². The molecule has 0 saturated heterocycles. The molecule has 0 amide bonds.